The number of nitrogens with two attached hydrogens (primary N) is 1. The Morgan fingerprint density at radius 3 is 2.43 bits per heavy atom. The zero-order valence-corrected chi connectivity index (χ0v) is 19.0. The number of anilines is 1. The number of nitrogens with one attached hydrogen (secondary N) is 1. The van der Waals surface area contributed by atoms with Gasteiger partial charge in [-0.3, -0.25) is 0 Å². The molecule has 0 atom stereocenters. The summed E-state index contributed by atoms with van der Waals surface area (Å²) >= 11 is 0. The standard InChI is InChI=1S/C27H24FN3O4/c1-34-13-27(14-35-15-27)25-24(16-2-4-17(5-3-16)26(32)33)21-11-22(30)18(12-29)10-23(21)31(25)20-8-6-19(28)7-9-20/h2-12,29H,13-15,30H2,1H3,(H,32,33). The lowest BCUT2D eigenvalue weighted by Crippen LogP contribution is -2.51. The van der Waals surface area contributed by atoms with E-state index in [-0.39, 0.29) is 11.4 Å². The average molecular weight is 474 g/mol. The molecule has 0 amide bonds. The molecule has 1 aliphatic heterocycles. The van der Waals surface area contributed by atoms with E-state index in [0.29, 0.717) is 31.1 Å². The number of methoxy groups -OCH3 is 1. The maximum Gasteiger partial charge on any atom is 0.335 e. The van der Waals surface area contributed by atoms with Gasteiger partial charge in [-0.2, -0.15) is 0 Å². The van der Waals surface area contributed by atoms with Crippen molar-refractivity contribution in [2.24, 2.45) is 0 Å². The monoisotopic (exact) mass is 473 g/mol. The largest absolute Gasteiger partial charge is 0.478 e. The minimum absolute atomic E-state index is 0.182. The molecule has 1 saturated heterocycles. The number of hydrogen-bond acceptors (Lipinski definition) is 5. The normalized spacial score (nSPS) is 14.6. The molecule has 1 aromatic heterocycles. The van der Waals surface area contributed by atoms with Crippen LogP contribution < -0.4 is 5.73 Å². The zero-order chi connectivity index (χ0) is 24.7. The highest BCUT2D eigenvalue weighted by Gasteiger charge is 2.46. The van der Waals surface area contributed by atoms with Crippen LogP contribution in [0.25, 0.3) is 27.7 Å². The fourth-order valence-electron chi connectivity index (χ4n) is 4.84. The Labute approximate surface area is 201 Å². The van der Waals surface area contributed by atoms with E-state index in [1.54, 1.807) is 43.5 Å². The Morgan fingerprint density at radius 2 is 1.89 bits per heavy atom. The zero-order valence-electron chi connectivity index (χ0n) is 19.0. The molecule has 8 heteroatoms. The van der Waals surface area contributed by atoms with E-state index in [1.165, 1.54) is 18.3 Å². The molecule has 4 N–H and O–H groups in total. The highest BCUT2D eigenvalue weighted by atomic mass is 19.1. The van der Waals surface area contributed by atoms with Crippen LogP contribution in [0.15, 0.2) is 60.7 Å². The second-order valence-electron chi connectivity index (χ2n) is 8.77. The second-order valence-corrected chi connectivity index (χ2v) is 8.77. The first-order chi connectivity index (χ1) is 16.9. The summed E-state index contributed by atoms with van der Waals surface area (Å²) < 4.78 is 27.2. The van der Waals surface area contributed by atoms with Crippen molar-refractivity contribution in [2.45, 2.75) is 5.41 Å². The average Bonchev–Trinajstić information content (AvgIpc) is 3.15. The summed E-state index contributed by atoms with van der Waals surface area (Å²) in [6, 6.07) is 16.6. The third kappa shape index (κ3) is 3.67. The molecule has 5 rings (SSSR count). The van der Waals surface area contributed by atoms with Gasteiger partial charge in [-0.05, 0) is 54.1 Å². The van der Waals surface area contributed by atoms with Gasteiger partial charge in [0, 0.05) is 46.9 Å². The molecule has 0 unspecified atom stereocenters. The number of aromatic nitrogens is 1. The van der Waals surface area contributed by atoms with Crippen molar-refractivity contribution in [3.8, 4) is 16.8 Å². The first-order valence-electron chi connectivity index (χ1n) is 11.0. The van der Waals surface area contributed by atoms with Gasteiger partial charge in [-0.1, -0.05) is 12.1 Å². The van der Waals surface area contributed by atoms with E-state index >= 15 is 0 Å². The van der Waals surface area contributed by atoms with Crippen molar-refractivity contribution in [1.82, 2.24) is 4.57 Å². The van der Waals surface area contributed by atoms with Gasteiger partial charge < -0.3 is 30.3 Å². The van der Waals surface area contributed by atoms with Gasteiger partial charge in [-0.15, -0.1) is 0 Å². The van der Waals surface area contributed by atoms with Gasteiger partial charge in [0.1, 0.15) is 5.82 Å². The number of halogens is 1. The first kappa shape index (κ1) is 22.8. The molecule has 0 saturated carbocycles. The Hall–Kier alpha value is -4.01. The highest BCUT2D eigenvalue weighted by molar-refractivity contribution is 6.05. The molecule has 2 heterocycles. The third-order valence-corrected chi connectivity index (χ3v) is 6.51. The Bertz CT molecular complexity index is 1440. The van der Waals surface area contributed by atoms with E-state index in [1.807, 2.05) is 16.7 Å². The Kier molecular flexibility index (Phi) is 5.62. The predicted octanol–water partition coefficient (Wildman–Crippen LogP) is 4.63. The number of hydrogen-bond donors (Lipinski definition) is 3. The van der Waals surface area contributed by atoms with Crippen molar-refractivity contribution in [1.29, 1.82) is 5.41 Å². The first-order valence-corrected chi connectivity index (χ1v) is 11.0. The summed E-state index contributed by atoms with van der Waals surface area (Å²) in [5, 5.41) is 18.0. The number of ether oxygens (including phenoxy) is 2. The molecular formula is C27H24FN3O4. The molecule has 4 aromatic rings. The number of nitrogens with zero attached hydrogens (tertiary/aromatic N) is 1. The number of carboxylic acid groups (broad SMARTS) is 1. The quantitative estimate of drug-likeness (QED) is 0.268. The molecule has 0 spiro atoms. The molecule has 1 aliphatic rings. The van der Waals surface area contributed by atoms with Gasteiger partial charge in [-0.25, -0.2) is 9.18 Å². The second kappa shape index (κ2) is 8.65. The van der Waals surface area contributed by atoms with Crippen LogP contribution in [-0.2, 0) is 14.9 Å². The fourth-order valence-corrected chi connectivity index (χ4v) is 4.84. The molecule has 7 nitrogen and oxygen atoms in total. The Morgan fingerprint density at radius 1 is 1.20 bits per heavy atom. The minimum atomic E-state index is -1.01. The summed E-state index contributed by atoms with van der Waals surface area (Å²) in [6.45, 7) is 1.23. The molecule has 178 valence electrons. The van der Waals surface area contributed by atoms with Crippen LogP contribution >= 0.6 is 0 Å². The predicted molar refractivity (Wildman–Crippen MR) is 132 cm³/mol. The van der Waals surface area contributed by atoms with E-state index in [2.05, 4.69) is 0 Å². The number of nitrogen functional groups attached to an aromatic ring is 1. The van der Waals surface area contributed by atoms with Crippen LogP contribution in [0.1, 0.15) is 21.6 Å². The third-order valence-electron chi connectivity index (χ3n) is 6.51. The van der Waals surface area contributed by atoms with E-state index in [0.717, 1.165) is 33.4 Å². The van der Waals surface area contributed by atoms with Crippen molar-refractivity contribution in [3.05, 3.63) is 83.3 Å². The van der Waals surface area contributed by atoms with Crippen molar-refractivity contribution < 1.29 is 23.8 Å². The summed E-state index contributed by atoms with van der Waals surface area (Å²) in [5.74, 6) is -1.35. The number of aromatic carboxylic acids is 1. The molecule has 1 fully saturated rings. The molecular weight excluding hydrogens is 449 g/mol. The van der Waals surface area contributed by atoms with Gasteiger partial charge >= 0.3 is 5.97 Å². The van der Waals surface area contributed by atoms with E-state index < -0.39 is 11.4 Å². The number of fused-ring (bicyclic) bond motifs is 1. The maximum absolute atomic E-state index is 13.9. The topological polar surface area (TPSA) is 111 Å². The van der Waals surface area contributed by atoms with Crippen LogP contribution in [-0.4, -0.2) is 48.8 Å². The van der Waals surface area contributed by atoms with E-state index in [9.17, 15) is 14.3 Å². The summed E-state index contributed by atoms with van der Waals surface area (Å²) in [7, 11) is 1.64. The lowest BCUT2D eigenvalue weighted by Gasteiger charge is -2.42. The number of benzene rings is 3. The fraction of sp³-hybridized carbons (Fsp3) is 0.185. The Balaban J connectivity index is 1.92. The molecule has 0 radical (unpaired) electrons. The van der Waals surface area contributed by atoms with Crippen LogP contribution in [0.3, 0.4) is 0 Å². The molecule has 0 bridgehead atoms. The molecule has 35 heavy (non-hydrogen) atoms. The van der Waals surface area contributed by atoms with Gasteiger partial charge in [0.15, 0.2) is 0 Å². The number of carbonyl (C=O) groups is 1. The van der Waals surface area contributed by atoms with Crippen molar-refractivity contribution >= 4 is 28.8 Å². The number of rotatable bonds is 7. The van der Waals surface area contributed by atoms with E-state index in [4.69, 9.17) is 20.6 Å². The summed E-state index contributed by atoms with van der Waals surface area (Å²) in [5.41, 5.74) is 11.1. The van der Waals surface area contributed by atoms with Crippen LogP contribution in [0, 0.1) is 11.2 Å². The lowest BCUT2D eigenvalue weighted by atomic mass is 9.79. The molecule has 0 aliphatic carbocycles. The van der Waals surface area contributed by atoms with Crippen LogP contribution in [0.2, 0.25) is 0 Å². The smallest absolute Gasteiger partial charge is 0.335 e. The maximum atomic E-state index is 13.9. The summed E-state index contributed by atoms with van der Waals surface area (Å²) in [6.07, 6.45) is 1.20. The highest BCUT2D eigenvalue weighted by Crippen LogP contribution is 2.46. The number of carboxylic acids is 1. The summed E-state index contributed by atoms with van der Waals surface area (Å²) in [4.78, 5) is 11.5. The molecule has 3 aromatic carbocycles. The van der Waals surface area contributed by atoms with Gasteiger partial charge in [0.05, 0.1) is 36.3 Å². The van der Waals surface area contributed by atoms with Crippen LogP contribution in [0.5, 0.6) is 0 Å². The van der Waals surface area contributed by atoms with Gasteiger partial charge in [0.2, 0.25) is 0 Å². The van der Waals surface area contributed by atoms with Crippen LogP contribution in [0.4, 0.5) is 10.1 Å². The minimum Gasteiger partial charge on any atom is -0.478 e. The lowest BCUT2D eigenvalue weighted by molar-refractivity contribution is -0.0938. The SMILES string of the molecule is COCC1(c2c(-c3ccc(C(=O)O)cc3)c3cc(N)c(C=N)cc3n2-c2ccc(F)cc2)COC1. The van der Waals surface area contributed by atoms with Gasteiger partial charge in [0.25, 0.3) is 0 Å². The van der Waals surface area contributed by atoms with Crippen molar-refractivity contribution in [3.63, 3.8) is 0 Å². The van der Waals surface area contributed by atoms with Crippen molar-refractivity contribution in [2.75, 3.05) is 32.7 Å².